The Morgan fingerprint density at radius 2 is 2.44 bits per heavy atom. The van der Waals surface area contributed by atoms with Crippen molar-refractivity contribution < 1.29 is 14.6 Å². The molecule has 1 rings (SSSR count). The zero-order valence-electron chi connectivity index (χ0n) is 9.53. The number of nitrogens with one attached hydrogen (secondary N) is 1. The van der Waals surface area contributed by atoms with Gasteiger partial charge in [-0.05, 0) is 23.4 Å². The van der Waals surface area contributed by atoms with Crippen LogP contribution in [-0.4, -0.2) is 30.8 Å². The number of aliphatic hydroxyl groups is 1. The molecule has 0 radical (unpaired) electrons. The Balaban J connectivity index is 2.46. The Hall–Kier alpha value is -0.910. The molecule has 1 aromatic heterocycles. The smallest absolute Gasteiger partial charge is 0.325 e. The van der Waals surface area contributed by atoms with Gasteiger partial charge in [0.05, 0.1) is 13.7 Å². The van der Waals surface area contributed by atoms with E-state index in [-0.39, 0.29) is 6.61 Å². The second-order valence-corrected chi connectivity index (χ2v) is 4.41. The van der Waals surface area contributed by atoms with Crippen molar-refractivity contribution in [1.29, 1.82) is 0 Å². The Bertz CT molecular complexity index is 338. The lowest BCUT2D eigenvalue weighted by molar-refractivity contribution is -0.144. The van der Waals surface area contributed by atoms with Crippen LogP contribution in [0.4, 0.5) is 0 Å². The molecule has 1 atom stereocenters. The second kappa shape index (κ2) is 6.62. The van der Waals surface area contributed by atoms with Gasteiger partial charge in [-0.15, -0.1) is 11.3 Å². The molecular formula is C11H17NO3S. The molecule has 0 saturated heterocycles. The summed E-state index contributed by atoms with van der Waals surface area (Å²) in [6, 6.07) is 1.46. The molecule has 2 N–H and O–H groups in total. The van der Waals surface area contributed by atoms with E-state index in [0.29, 0.717) is 6.54 Å². The van der Waals surface area contributed by atoms with E-state index in [9.17, 15) is 4.79 Å². The predicted octanol–water partition coefficient (Wildman–Crippen LogP) is 0.934. The predicted molar refractivity (Wildman–Crippen MR) is 63.4 cm³/mol. The molecule has 0 saturated carbocycles. The highest BCUT2D eigenvalue weighted by Gasteiger charge is 2.17. The van der Waals surface area contributed by atoms with E-state index in [1.807, 2.05) is 0 Å². The summed E-state index contributed by atoms with van der Waals surface area (Å²) in [4.78, 5) is 12.3. The molecule has 90 valence electrons. The maximum absolute atomic E-state index is 11.2. The first-order chi connectivity index (χ1) is 7.71. The maximum atomic E-state index is 11.2. The van der Waals surface area contributed by atoms with Crippen LogP contribution in [0.5, 0.6) is 0 Å². The lowest BCUT2D eigenvalue weighted by Gasteiger charge is -2.12. The number of esters is 1. The van der Waals surface area contributed by atoms with Crippen LogP contribution < -0.4 is 5.32 Å². The monoisotopic (exact) mass is 243 g/mol. The molecule has 0 aliphatic rings. The fourth-order valence-electron chi connectivity index (χ4n) is 1.29. The van der Waals surface area contributed by atoms with Crippen molar-refractivity contribution in [2.75, 3.05) is 13.7 Å². The van der Waals surface area contributed by atoms with E-state index in [0.717, 1.165) is 11.3 Å². The summed E-state index contributed by atoms with van der Waals surface area (Å²) in [5, 5.41) is 14.1. The molecule has 0 bridgehead atoms. The van der Waals surface area contributed by atoms with Crippen LogP contribution in [0.25, 0.3) is 0 Å². The van der Waals surface area contributed by atoms with Gasteiger partial charge in [0.15, 0.2) is 0 Å². The Morgan fingerprint density at radius 1 is 1.69 bits per heavy atom. The molecule has 5 heteroatoms. The summed E-state index contributed by atoms with van der Waals surface area (Å²) in [6.07, 6.45) is 1.01. The van der Waals surface area contributed by atoms with Gasteiger partial charge < -0.3 is 9.84 Å². The summed E-state index contributed by atoms with van der Waals surface area (Å²) in [7, 11) is 1.31. The normalized spacial score (nSPS) is 12.4. The Kier molecular flexibility index (Phi) is 5.45. The van der Waals surface area contributed by atoms with Crippen LogP contribution in [0.3, 0.4) is 0 Å². The van der Waals surface area contributed by atoms with Crippen molar-refractivity contribution >= 4 is 17.3 Å². The lowest BCUT2D eigenvalue weighted by atomic mass is 10.2. The molecule has 0 amide bonds. The maximum Gasteiger partial charge on any atom is 0.325 e. The molecule has 0 aliphatic heterocycles. The molecule has 0 aromatic carbocycles. The third-order valence-electron chi connectivity index (χ3n) is 2.31. The SMILES string of the molecule is CCc1csc(CN[C@@H](CO)C(=O)OC)c1. The molecule has 1 heterocycles. The minimum Gasteiger partial charge on any atom is -0.468 e. The van der Waals surface area contributed by atoms with E-state index < -0.39 is 12.0 Å². The highest BCUT2D eigenvalue weighted by atomic mass is 32.1. The van der Waals surface area contributed by atoms with Crippen LogP contribution >= 0.6 is 11.3 Å². The average Bonchev–Trinajstić information content (AvgIpc) is 2.77. The van der Waals surface area contributed by atoms with Crippen LogP contribution in [0.1, 0.15) is 17.4 Å². The molecule has 0 aliphatic carbocycles. The topological polar surface area (TPSA) is 58.6 Å². The number of ether oxygens (including phenoxy) is 1. The first-order valence-electron chi connectivity index (χ1n) is 5.19. The third kappa shape index (κ3) is 3.59. The van der Waals surface area contributed by atoms with Crippen molar-refractivity contribution in [2.24, 2.45) is 0 Å². The third-order valence-corrected chi connectivity index (χ3v) is 3.29. The van der Waals surface area contributed by atoms with Gasteiger partial charge in [-0.25, -0.2) is 0 Å². The van der Waals surface area contributed by atoms with Gasteiger partial charge in [0.1, 0.15) is 6.04 Å². The van der Waals surface area contributed by atoms with Crippen molar-refractivity contribution in [1.82, 2.24) is 5.32 Å². The van der Waals surface area contributed by atoms with Gasteiger partial charge in [-0.1, -0.05) is 6.92 Å². The first kappa shape index (κ1) is 13.2. The van der Waals surface area contributed by atoms with Gasteiger partial charge in [0.2, 0.25) is 0 Å². The molecule has 4 nitrogen and oxygen atoms in total. The summed E-state index contributed by atoms with van der Waals surface area (Å²) in [6.45, 7) is 2.42. The summed E-state index contributed by atoms with van der Waals surface area (Å²) >= 11 is 1.65. The van der Waals surface area contributed by atoms with Crippen LogP contribution in [-0.2, 0) is 22.5 Å². The van der Waals surface area contributed by atoms with Crippen molar-refractivity contribution in [3.05, 3.63) is 21.9 Å². The van der Waals surface area contributed by atoms with Gasteiger partial charge >= 0.3 is 5.97 Å². The van der Waals surface area contributed by atoms with Crippen LogP contribution in [0.2, 0.25) is 0 Å². The minimum atomic E-state index is -0.642. The van der Waals surface area contributed by atoms with E-state index in [4.69, 9.17) is 5.11 Å². The number of carbonyl (C=O) groups excluding carboxylic acids is 1. The number of hydrogen-bond acceptors (Lipinski definition) is 5. The van der Waals surface area contributed by atoms with Gasteiger partial charge in [-0.2, -0.15) is 0 Å². The van der Waals surface area contributed by atoms with Crippen molar-refractivity contribution in [2.45, 2.75) is 25.9 Å². The molecule has 0 fully saturated rings. The number of carbonyl (C=O) groups is 1. The number of hydrogen-bond donors (Lipinski definition) is 2. The number of methoxy groups -OCH3 is 1. The molecule has 0 spiro atoms. The lowest BCUT2D eigenvalue weighted by Crippen LogP contribution is -2.39. The summed E-state index contributed by atoms with van der Waals surface area (Å²) in [5.74, 6) is -0.435. The largest absolute Gasteiger partial charge is 0.468 e. The zero-order chi connectivity index (χ0) is 12.0. The number of aliphatic hydroxyl groups excluding tert-OH is 1. The van der Waals surface area contributed by atoms with E-state index in [1.54, 1.807) is 11.3 Å². The standard InChI is InChI=1S/C11H17NO3S/c1-3-8-4-9(16-7-8)5-12-10(6-13)11(14)15-2/h4,7,10,12-13H,3,5-6H2,1-2H3/t10-/m0/s1. The number of aryl methyl sites for hydroxylation is 1. The molecular weight excluding hydrogens is 226 g/mol. The average molecular weight is 243 g/mol. The van der Waals surface area contributed by atoms with Gasteiger partial charge in [0.25, 0.3) is 0 Å². The van der Waals surface area contributed by atoms with E-state index in [1.165, 1.54) is 12.7 Å². The Labute approximate surface area is 99.2 Å². The molecule has 16 heavy (non-hydrogen) atoms. The second-order valence-electron chi connectivity index (χ2n) is 3.41. The fraction of sp³-hybridized carbons (Fsp3) is 0.545. The van der Waals surface area contributed by atoms with Gasteiger partial charge in [-0.3, -0.25) is 10.1 Å². The molecule has 1 aromatic rings. The summed E-state index contributed by atoms with van der Waals surface area (Å²) in [5.41, 5.74) is 1.29. The highest BCUT2D eigenvalue weighted by Crippen LogP contribution is 2.14. The zero-order valence-corrected chi connectivity index (χ0v) is 10.3. The van der Waals surface area contributed by atoms with Crippen molar-refractivity contribution in [3.63, 3.8) is 0 Å². The Morgan fingerprint density at radius 3 is 2.94 bits per heavy atom. The number of thiophene rings is 1. The van der Waals surface area contributed by atoms with Crippen LogP contribution in [0, 0.1) is 0 Å². The minimum absolute atomic E-state index is 0.251. The van der Waals surface area contributed by atoms with E-state index >= 15 is 0 Å². The van der Waals surface area contributed by atoms with Gasteiger partial charge in [0, 0.05) is 11.4 Å². The van der Waals surface area contributed by atoms with Crippen LogP contribution in [0.15, 0.2) is 11.4 Å². The highest BCUT2D eigenvalue weighted by molar-refractivity contribution is 7.10. The first-order valence-corrected chi connectivity index (χ1v) is 6.07. The molecule has 0 unspecified atom stereocenters. The number of rotatable bonds is 6. The fourth-order valence-corrected chi connectivity index (χ4v) is 2.22. The van der Waals surface area contributed by atoms with Crippen molar-refractivity contribution in [3.8, 4) is 0 Å². The van der Waals surface area contributed by atoms with E-state index in [2.05, 4.69) is 28.4 Å². The quantitative estimate of drug-likeness (QED) is 0.730. The summed E-state index contributed by atoms with van der Waals surface area (Å²) < 4.78 is 4.56.